The van der Waals surface area contributed by atoms with Crippen molar-refractivity contribution < 1.29 is 9.63 Å². The third-order valence-electron chi connectivity index (χ3n) is 0.905. The zero-order valence-electron chi connectivity index (χ0n) is 6.89. The summed E-state index contributed by atoms with van der Waals surface area (Å²) in [5.41, 5.74) is 8.27. The predicted octanol–water partition coefficient (Wildman–Crippen LogP) is -0.0425. The van der Waals surface area contributed by atoms with E-state index in [1.807, 2.05) is 0 Å². The zero-order chi connectivity index (χ0) is 8.85. The van der Waals surface area contributed by atoms with Crippen molar-refractivity contribution in [2.75, 3.05) is 6.61 Å². The summed E-state index contributed by atoms with van der Waals surface area (Å²) < 4.78 is 0. The summed E-state index contributed by atoms with van der Waals surface area (Å²) in [6, 6.07) is -0.542. The second-order valence-corrected chi connectivity index (χ2v) is 2.50. The van der Waals surface area contributed by atoms with Gasteiger partial charge in [0.25, 0.3) is 5.91 Å². The highest BCUT2D eigenvalue weighted by Crippen LogP contribution is 1.85. The molecule has 0 aliphatic rings. The quantitative estimate of drug-likeness (QED) is 0.445. The van der Waals surface area contributed by atoms with Crippen molar-refractivity contribution in [2.45, 2.75) is 19.9 Å². The number of hydrogen-bond acceptors (Lipinski definition) is 3. The highest BCUT2D eigenvalue weighted by molar-refractivity contribution is 5.79. The molecule has 1 atom stereocenters. The third-order valence-corrected chi connectivity index (χ3v) is 0.905. The Hall–Kier alpha value is -0.870. The largest absolute Gasteiger partial charge is 0.320 e. The molecule has 0 unspecified atom stereocenters. The molecule has 0 radical (unpaired) electrons. The Morgan fingerprint density at radius 3 is 2.73 bits per heavy atom. The molecule has 0 aromatic heterocycles. The molecular formula is C7H14N2O2. The number of carbonyl (C=O) groups excluding carboxylic acids is 1. The molecule has 64 valence electrons. The van der Waals surface area contributed by atoms with E-state index >= 15 is 0 Å². The van der Waals surface area contributed by atoms with Gasteiger partial charge in [-0.3, -0.25) is 9.63 Å². The maximum atomic E-state index is 10.7. The Morgan fingerprint density at radius 2 is 2.36 bits per heavy atom. The minimum Gasteiger partial charge on any atom is -0.320 e. The lowest BCUT2D eigenvalue weighted by Gasteiger charge is -2.06. The minimum atomic E-state index is -0.542. The van der Waals surface area contributed by atoms with E-state index in [1.165, 1.54) is 0 Å². The molecule has 0 spiro atoms. The minimum absolute atomic E-state index is 0.318. The highest BCUT2D eigenvalue weighted by atomic mass is 16.6. The van der Waals surface area contributed by atoms with Crippen molar-refractivity contribution in [1.29, 1.82) is 0 Å². The van der Waals surface area contributed by atoms with Gasteiger partial charge in [0.15, 0.2) is 0 Å². The van der Waals surface area contributed by atoms with E-state index < -0.39 is 6.04 Å². The SMILES string of the molecule is C=C(C)CONC(=O)[C@@H](C)N. The van der Waals surface area contributed by atoms with Crippen LogP contribution in [0, 0.1) is 0 Å². The van der Waals surface area contributed by atoms with Crippen LogP contribution in [0.1, 0.15) is 13.8 Å². The fraction of sp³-hybridized carbons (Fsp3) is 0.571. The van der Waals surface area contributed by atoms with E-state index in [0.29, 0.717) is 6.61 Å². The molecule has 4 heteroatoms. The second-order valence-electron chi connectivity index (χ2n) is 2.50. The normalized spacial score (nSPS) is 12.3. The molecule has 0 aliphatic carbocycles. The molecular weight excluding hydrogens is 144 g/mol. The summed E-state index contributed by atoms with van der Waals surface area (Å²) in [6.07, 6.45) is 0. The number of nitrogens with two attached hydrogens (primary N) is 1. The van der Waals surface area contributed by atoms with E-state index in [0.717, 1.165) is 5.57 Å². The molecule has 1 amide bonds. The van der Waals surface area contributed by atoms with Crippen LogP contribution in [0.5, 0.6) is 0 Å². The van der Waals surface area contributed by atoms with Gasteiger partial charge in [-0.15, -0.1) is 0 Å². The van der Waals surface area contributed by atoms with Gasteiger partial charge in [-0.1, -0.05) is 12.2 Å². The Balaban J connectivity index is 3.39. The maximum absolute atomic E-state index is 10.7. The van der Waals surface area contributed by atoms with Crippen molar-refractivity contribution in [3.8, 4) is 0 Å². The molecule has 0 saturated heterocycles. The molecule has 0 rings (SSSR count). The van der Waals surface area contributed by atoms with Crippen LogP contribution in [-0.4, -0.2) is 18.6 Å². The van der Waals surface area contributed by atoms with E-state index in [-0.39, 0.29) is 5.91 Å². The van der Waals surface area contributed by atoms with Crippen LogP contribution < -0.4 is 11.2 Å². The zero-order valence-corrected chi connectivity index (χ0v) is 6.89. The molecule has 0 aliphatic heterocycles. The van der Waals surface area contributed by atoms with Crippen LogP contribution in [-0.2, 0) is 9.63 Å². The summed E-state index contributed by atoms with van der Waals surface area (Å²) in [7, 11) is 0. The molecule has 0 fully saturated rings. The molecule has 0 aromatic rings. The molecule has 11 heavy (non-hydrogen) atoms. The standard InChI is InChI=1S/C7H14N2O2/c1-5(2)4-11-9-7(10)6(3)8/h6H,1,4,8H2,2-3H3,(H,9,10)/t6-/m1/s1. The average Bonchev–Trinajstić information content (AvgIpc) is 1.86. The summed E-state index contributed by atoms with van der Waals surface area (Å²) in [4.78, 5) is 15.5. The molecule has 3 N–H and O–H groups in total. The predicted molar refractivity (Wildman–Crippen MR) is 42.6 cm³/mol. The van der Waals surface area contributed by atoms with Gasteiger partial charge < -0.3 is 5.73 Å². The monoisotopic (exact) mass is 158 g/mol. The number of rotatable bonds is 4. The molecule has 0 aromatic carbocycles. The second kappa shape index (κ2) is 4.87. The van der Waals surface area contributed by atoms with E-state index in [2.05, 4.69) is 12.1 Å². The lowest BCUT2D eigenvalue weighted by molar-refractivity contribution is -0.133. The molecule has 0 saturated carbocycles. The number of amides is 1. The molecule has 0 bridgehead atoms. The van der Waals surface area contributed by atoms with Gasteiger partial charge in [0.2, 0.25) is 0 Å². The summed E-state index contributed by atoms with van der Waals surface area (Å²) in [6.45, 7) is 7.29. The Morgan fingerprint density at radius 1 is 1.82 bits per heavy atom. The lowest BCUT2D eigenvalue weighted by Crippen LogP contribution is -2.38. The number of nitrogens with one attached hydrogen (secondary N) is 1. The number of carbonyl (C=O) groups is 1. The topological polar surface area (TPSA) is 64.3 Å². The van der Waals surface area contributed by atoms with Crippen molar-refractivity contribution >= 4 is 5.91 Å². The lowest BCUT2D eigenvalue weighted by atomic mass is 10.3. The first-order valence-electron chi connectivity index (χ1n) is 3.35. The van der Waals surface area contributed by atoms with E-state index in [1.54, 1.807) is 13.8 Å². The first kappa shape index (κ1) is 10.1. The first-order chi connectivity index (χ1) is 5.04. The van der Waals surface area contributed by atoms with Gasteiger partial charge in [0, 0.05) is 0 Å². The summed E-state index contributed by atoms with van der Waals surface area (Å²) in [5, 5.41) is 0. The van der Waals surface area contributed by atoms with Crippen molar-refractivity contribution in [2.24, 2.45) is 5.73 Å². The first-order valence-corrected chi connectivity index (χ1v) is 3.35. The van der Waals surface area contributed by atoms with Crippen LogP contribution in [0.3, 0.4) is 0 Å². The maximum Gasteiger partial charge on any atom is 0.260 e. The van der Waals surface area contributed by atoms with Crippen LogP contribution in [0.4, 0.5) is 0 Å². The van der Waals surface area contributed by atoms with Gasteiger partial charge in [-0.05, 0) is 13.8 Å². The fourth-order valence-electron chi connectivity index (χ4n) is 0.323. The van der Waals surface area contributed by atoms with Gasteiger partial charge in [0.05, 0.1) is 12.6 Å². The fourth-order valence-corrected chi connectivity index (χ4v) is 0.323. The van der Waals surface area contributed by atoms with Crippen LogP contribution in [0.15, 0.2) is 12.2 Å². The Labute approximate surface area is 66.4 Å². The van der Waals surface area contributed by atoms with Gasteiger partial charge >= 0.3 is 0 Å². The van der Waals surface area contributed by atoms with E-state index in [4.69, 9.17) is 10.6 Å². The van der Waals surface area contributed by atoms with E-state index in [9.17, 15) is 4.79 Å². The highest BCUT2D eigenvalue weighted by Gasteiger charge is 2.05. The van der Waals surface area contributed by atoms with Crippen molar-refractivity contribution in [1.82, 2.24) is 5.48 Å². The summed E-state index contributed by atoms with van der Waals surface area (Å²) in [5.74, 6) is -0.328. The van der Waals surface area contributed by atoms with Crippen molar-refractivity contribution in [3.05, 3.63) is 12.2 Å². The number of hydroxylamine groups is 1. The van der Waals surface area contributed by atoms with Crippen LogP contribution >= 0.6 is 0 Å². The van der Waals surface area contributed by atoms with Gasteiger partial charge in [-0.2, -0.15) is 0 Å². The van der Waals surface area contributed by atoms with Crippen molar-refractivity contribution in [3.63, 3.8) is 0 Å². The number of hydrogen-bond donors (Lipinski definition) is 2. The average molecular weight is 158 g/mol. The van der Waals surface area contributed by atoms with Gasteiger partial charge in [-0.25, -0.2) is 5.48 Å². The third kappa shape index (κ3) is 5.57. The smallest absolute Gasteiger partial charge is 0.260 e. The Bertz CT molecular complexity index is 155. The van der Waals surface area contributed by atoms with Gasteiger partial charge in [0.1, 0.15) is 0 Å². The molecule has 0 heterocycles. The Kier molecular flexibility index (Phi) is 4.49. The summed E-state index contributed by atoms with van der Waals surface area (Å²) >= 11 is 0. The van der Waals surface area contributed by atoms with Crippen LogP contribution in [0.25, 0.3) is 0 Å². The molecule has 4 nitrogen and oxygen atoms in total. The van der Waals surface area contributed by atoms with Crippen LogP contribution in [0.2, 0.25) is 0 Å².